The van der Waals surface area contributed by atoms with Gasteiger partial charge >= 0.3 is 0 Å². The summed E-state index contributed by atoms with van der Waals surface area (Å²) in [5.41, 5.74) is 0. The second-order valence-electron chi connectivity index (χ2n) is 3.71. The number of piperidine rings is 1. The quantitative estimate of drug-likeness (QED) is 0.536. The molecule has 0 bridgehead atoms. The highest BCUT2D eigenvalue weighted by atomic mass is 16.2. The van der Waals surface area contributed by atoms with E-state index in [0.29, 0.717) is 19.4 Å². The SMILES string of the molecule is CN1C(=O)CCN2C(=O)CCCC12. The Balaban J connectivity index is 2.17. The van der Waals surface area contributed by atoms with Gasteiger partial charge in [-0.2, -0.15) is 0 Å². The first-order valence-electron chi connectivity index (χ1n) is 4.75. The molecule has 0 saturated carbocycles. The molecule has 2 amide bonds. The van der Waals surface area contributed by atoms with Crippen molar-refractivity contribution in [2.75, 3.05) is 13.6 Å². The first-order valence-corrected chi connectivity index (χ1v) is 4.75. The first kappa shape index (κ1) is 8.53. The molecule has 0 N–H and O–H groups in total. The fourth-order valence-electron chi connectivity index (χ4n) is 2.14. The molecule has 2 fully saturated rings. The minimum Gasteiger partial charge on any atom is -0.325 e. The Morgan fingerprint density at radius 2 is 2.00 bits per heavy atom. The van der Waals surface area contributed by atoms with Crippen LogP contribution in [0.2, 0.25) is 0 Å². The minimum absolute atomic E-state index is 0.0440. The van der Waals surface area contributed by atoms with Crippen molar-refractivity contribution < 1.29 is 9.59 Å². The number of nitrogens with zero attached hydrogens (tertiary/aromatic N) is 2. The normalized spacial score (nSPS) is 29.2. The van der Waals surface area contributed by atoms with Crippen LogP contribution in [-0.2, 0) is 9.59 Å². The van der Waals surface area contributed by atoms with Gasteiger partial charge in [0.25, 0.3) is 0 Å². The molecule has 2 heterocycles. The van der Waals surface area contributed by atoms with Crippen molar-refractivity contribution in [3.8, 4) is 0 Å². The van der Waals surface area contributed by atoms with Crippen LogP contribution in [0, 0.1) is 0 Å². The van der Waals surface area contributed by atoms with Gasteiger partial charge in [0.15, 0.2) is 0 Å². The summed E-state index contributed by atoms with van der Waals surface area (Å²) in [5, 5.41) is 0. The van der Waals surface area contributed by atoms with Crippen molar-refractivity contribution in [2.45, 2.75) is 31.8 Å². The minimum atomic E-state index is 0.0440. The zero-order valence-corrected chi connectivity index (χ0v) is 7.82. The average molecular weight is 182 g/mol. The van der Waals surface area contributed by atoms with E-state index in [-0.39, 0.29) is 18.0 Å². The lowest BCUT2D eigenvalue weighted by atomic mass is 10.0. The summed E-state index contributed by atoms with van der Waals surface area (Å²) in [7, 11) is 1.79. The van der Waals surface area contributed by atoms with E-state index >= 15 is 0 Å². The highest BCUT2D eigenvalue weighted by molar-refractivity contribution is 5.82. The molecule has 0 aromatic rings. The third kappa shape index (κ3) is 1.30. The van der Waals surface area contributed by atoms with Crippen LogP contribution >= 0.6 is 0 Å². The van der Waals surface area contributed by atoms with Crippen molar-refractivity contribution in [2.24, 2.45) is 0 Å². The third-order valence-corrected chi connectivity index (χ3v) is 2.94. The molecule has 0 aromatic heterocycles. The highest BCUT2D eigenvalue weighted by Gasteiger charge is 2.36. The maximum Gasteiger partial charge on any atom is 0.225 e. The lowest BCUT2D eigenvalue weighted by Gasteiger charge is -2.44. The second kappa shape index (κ2) is 3.01. The van der Waals surface area contributed by atoms with Gasteiger partial charge in [0.05, 0.1) is 0 Å². The van der Waals surface area contributed by atoms with Crippen LogP contribution in [0.5, 0.6) is 0 Å². The zero-order chi connectivity index (χ0) is 9.42. The van der Waals surface area contributed by atoms with Crippen LogP contribution in [-0.4, -0.2) is 41.4 Å². The maximum absolute atomic E-state index is 11.5. The Kier molecular flexibility index (Phi) is 1.98. The molecule has 4 heteroatoms. The van der Waals surface area contributed by atoms with Crippen molar-refractivity contribution in [1.82, 2.24) is 9.80 Å². The van der Waals surface area contributed by atoms with E-state index in [0.717, 1.165) is 12.8 Å². The van der Waals surface area contributed by atoms with Crippen molar-refractivity contribution in [1.29, 1.82) is 0 Å². The van der Waals surface area contributed by atoms with Gasteiger partial charge in [-0.15, -0.1) is 0 Å². The molecule has 0 radical (unpaired) electrons. The monoisotopic (exact) mass is 182 g/mol. The summed E-state index contributed by atoms with van der Waals surface area (Å²) in [6.07, 6.45) is 3.03. The molecule has 0 aromatic carbocycles. The fourth-order valence-corrected chi connectivity index (χ4v) is 2.14. The third-order valence-electron chi connectivity index (χ3n) is 2.94. The molecule has 0 spiro atoms. The molecule has 0 aliphatic carbocycles. The van der Waals surface area contributed by atoms with Gasteiger partial charge in [-0.05, 0) is 12.8 Å². The molecular formula is C9H14N2O2. The summed E-state index contributed by atoms with van der Waals surface area (Å²) in [5.74, 6) is 0.367. The van der Waals surface area contributed by atoms with E-state index < -0.39 is 0 Å². The van der Waals surface area contributed by atoms with E-state index in [2.05, 4.69) is 0 Å². The topological polar surface area (TPSA) is 40.6 Å². The molecule has 1 atom stereocenters. The van der Waals surface area contributed by atoms with Crippen molar-refractivity contribution in [3.63, 3.8) is 0 Å². The van der Waals surface area contributed by atoms with E-state index in [4.69, 9.17) is 0 Å². The summed E-state index contributed by atoms with van der Waals surface area (Å²) < 4.78 is 0. The van der Waals surface area contributed by atoms with Gasteiger partial charge in [-0.3, -0.25) is 9.59 Å². The number of rotatable bonds is 0. The van der Waals surface area contributed by atoms with Crippen LogP contribution in [0.1, 0.15) is 25.7 Å². The summed E-state index contributed by atoms with van der Waals surface area (Å²) >= 11 is 0. The average Bonchev–Trinajstić information content (AvgIpc) is 2.12. The van der Waals surface area contributed by atoms with Gasteiger partial charge in [0, 0.05) is 26.4 Å². The molecule has 2 rings (SSSR count). The molecular weight excluding hydrogens is 168 g/mol. The van der Waals surface area contributed by atoms with Gasteiger partial charge in [0.2, 0.25) is 11.8 Å². The van der Waals surface area contributed by atoms with Gasteiger partial charge in [-0.1, -0.05) is 0 Å². The molecule has 2 aliphatic rings. The van der Waals surface area contributed by atoms with Gasteiger partial charge in [0.1, 0.15) is 6.17 Å². The van der Waals surface area contributed by atoms with E-state index in [1.54, 1.807) is 11.9 Å². The highest BCUT2D eigenvalue weighted by Crippen LogP contribution is 2.24. The van der Waals surface area contributed by atoms with E-state index in [9.17, 15) is 9.59 Å². The van der Waals surface area contributed by atoms with E-state index in [1.807, 2.05) is 4.90 Å². The van der Waals surface area contributed by atoms with Crippen LogP contribution in [0.4, 0.5) is 0 Å². The van der Waals surface area contributed by atoms with Crippen LogP contribution in [0.3, 0.4) is 0 Å². The standard InChI is InChI=1S/C9H14N2O2/c1-10-7-3-2-4-9(13)11(7)6-5-8(10)12/h7H,2-6H2,1H3. The zero-order valence-electron chi connectivity index (χ0n) is 7.82. The summed E-state index contributed by atoms with van der Waals surface area (Å²) in [4.78, 5) is 26.4. The molecule has 72 valence electrons. The first-order chi connectivity index (χ1) is 6.20. The Morgan fingerprint density at radius 3 is 2.77 bits per heavy atom. The lowest BCUT2D eigenvalue weighted by Crippen LogP contribution is -2.58. The number of carbonyl (C=O) groups excluding carboxylic acids is 2. The van der Waals surface area contributed by atoms with Crippen molar-refractivity contribution in [3.05, 3.63) is 0 Å². The van der Waals surface area contributed by atoms with Gasteiger partial charge in [-0.25, -0.2) is 0 Å². The van der Waals surface area contributed by atoms with Gasteiger partial charge < -0.3 is 9.80 Å². The number of hydrogen-bond acceptors (Lipinski definition) is 2. The Hall–Kier alpha value is -1.06. The Labute approximate surface area is 77.5 Å². The molecule has 2 saturated heterocycles. The smallest absolute Gasteiger partial charge is 0.225 e. The Morgan fingerprint density at radius 1 is 1.23 bits per heavy atom. The predicted molar refractivity (Wildman–Crippen MR) is 46.7 cm³/mol. The van der Waals surface area contributed by atoms with Crippen molar-refractivity contribution >= 4 is 11.8 Å². The predicted octanol–water partition coefficient (Wildman–Crippen LogP) is 0.187. The lowest BCUT2D eigenvalue weighted by molar-refractivity contribution is -0.155. The number of fused-ring (bicyclic) bond motifs is 1. The number of amides is 2. The van der Waals surface area contributed by atoms with Crippen LogP contribution in [0.25, 0.3) is 0 Å². The fraction of sp³-hybridized carbons (Fsp3) is 0.778. The van der Waals surface area contributed by atoms with Crippen LogP contribution in [0.15, 0.2) is 0 Å². The molecule has 1 unspecified atom stereocenters. The second-order valence-corrected chi connectivity index (χ2v) is 3.71. The van der Waals surface area contributed by atoms with E-state index in [1.165, 1.54) is 0 Å². The number of carbonyl (C=O) groups is 2. The molecule has 4 nitrogen and oxygen atoms in total. The molecule has 2 aliphatic heterocycles. The summed E-state index contributed by atoms with van der Waals surface area (Å²) in [6.45, 7) is 0.618. The largest absolute Gasteiger partial charge is 0.325 e. The summed E-state index contributed by atoms with van der Waals surface area (Å²) in [6, 6.07) is 0. The number of hydrogen-bond donors (Lipinski definition) is 0. The Bertz CT molecular complexity index is 252. The van der Waals surface area contributed by atoms with Crippen LogP contribution < -0.4 is 0 Å². The molecule has 13 heavy (non-hydrogen) atoms. The maximum atomic E-state index is 11.5.